The molecule has 0 heterocycles. The molecule has 0 aromatic carbocycles. The lowest BCUT2D eigenvalue weighted by Crippen LogP contribution is -2.47. The minimum atomic E-state index is -1.58. The quantitative estimate of drug-likeness (QED) is 0.0429. The van der Waals surface area contributed by atoms with Crippen molar-refractivity contribution in [3.05, 3.63) is 0 Å². The van der Waals surface area contributed by atoms with Crippen LogP contribution in [0.25, 0.3) is 0 Å². The minimum Gasteiger partial charge on any atom is -0.480 e. The first-order valence-corrected chi connectivity index (χ1v) is 14.0. The van der Waals surface area contributed by atoms with E-state index in [1.807, 2.05) is 0 Å². The highest BCUT2D eigenvalue weighted by Gasteiger charge is 2.35. The number of aliphatic hydroxyl groups excluding tert-OH is 1. The molecule has 0 aromatic rings. The van der Waals surface area contributed by atoms with Crippen LogP contribution in [0.3, 0.4) is 0 Å². The molecule has 0 aliphatic carbocycles. The lowest BCUT2D eigenvalue weighted by molar-refractivity contribution is -0.153. The zero-order chi connectivity index (χ0) is 32.5. The second-order valence-corrected chi connectivity index (χ2v) is 11.1. The first-order valence-electron chi connectivity index (χ1n) is 13.0. The molecule has 0 aliphatic heterocycles. The molecule has 0 saturated heterocycles. The number of amides is 3. The maximum atomic E-state index is 12.3. The SMILES string of the molecule is CC(=O)N[C@@H](CCC(=O)CC(=O)SCCNC(=O)CCNC(=O)[C@H](O)C(C)(C)COC(=O)CC[C@H](N)C(=O)O)C(=O)O. The largest absolute Gasteiger partial charge is 0.480 e. The van der Waals surface area contributed by atoms with E-state index in [1.54, 1.807) is 0 Å². The van der Waals surface area contributed by atoms with Gasteiger partial charge >= 0.3 is 17.9 Å². The van der Waals surface area contributed by atoms with Gasteiger partial charge in [-0.2, -0.15) is 0 Å². The highest BCUT2D eigenvalue weighted by Crippen LogP contribution is 2.22. The van der Waals surface area contributed by atoms with E-state index in [1.165, 1.54) is 13.8 Å². The molecule has 17 heteroatoms. The number of carboxylic acid groups (broad SMARTS) is 2. The number of Topliss-reactive ketones (excluding diaryl/α,β-unsaturated/α-hetero) is 1. The van der Waals surface area contributed by atoms with Gasteiger partial charge in [0.15, 0.2) is 5.12 Å². The highest BCUT2D eigenvalue weighted by atomic mass is 32.2. The molecule has 3 amide bonds. The maximum Gasteiger partial charge on any atom is 0.326 e. The number of ether oxygens (including phenoxy) is 1. The van der Waals surface area contributed by atoms with Gasteiger partial charge in [-0.1, -0.05) is 25.6 Å². The smallest absolute Gasteiger partial charge is 0.326 e. The van der Waals surface area contributed by atoms with Gasteiger partial charge in [-0.15, -0.1) is 0 Å². The summed E-state index contributed by atoms with van der Waals surface area (Å²) in [5, 5.41) is 34.7. The van der Waals surface area contributed by atoms with Gasteiger partial charge in [-0.05, 0) is 12.8 Å². The van der Waals surface area contributed by atoms with Crippen molar-refractivity contribution in [1.29, 1.82) is 0 Å². The summed E-state index contributed by atoms with van der Waals surface area (Å²) in [5.41, 5.74) is 4.13. The molecule has 0 fully saturated rings. The van der Waals surface area contributed by atoms with Crippen LogP contribution in [0.4, 0.5) is 0 Å². The van der Waals surface area contributed by atoms with E-state index in [0.29, 0.717) is 0 Å². The number of aliphatic carboxylic acids is 2. The number of nitrogens with two attached hydrogens (primary N) is 1. The molecule has 0 spiro atoms. The molecule has 0 aliphatic rings. The van der Waals surface area contributed by atoms with Crippen LogP contribution in [0, 0.1) is 5.41 Å². The van der Waals surface area contributed by atoms with Crippen LogP contribution in [0.2, 0.25) is 0 Å². The third-order valence-corrected chi connectivity index (χ3v) is 6.51. The first-order chi connectivity index (χ1) is 19.5. The summed E-state index contributed by atoms with van der Waals surface area (Å²) in [6.07, 6.45) is -2.87. The number of rotatable bonds is 21. The summed E-state index contributed by atoms with van der Waals surface area (Å²) < 4.78 is 5.02. The van der Waals surface area contributed by atoms with Gasteiger partial charge in [0, 0.05) is 50.4 Å². The third kappa shape index (κ3) is 17.3. The molecular formula is C25H40N4O12S. The van der Waals surface area contributed by atoms with E-state index in [2.05, 4.69) is 16.0 Å². The number of carboxylic acids is 2. The van der Waals surface area contributed by atoms with Gasteiger partial charge in [0.1, 0.15) is 24.0 Å². The zero-order valence-electron chi connectivity index (χ0n) is 23.8. The number of ketones is 1. The van der Waals surface area contributed by atoms with Crippen LogP contribution in [-0.2, 0) is 43.1 Å². The average Bonchev–Trinajstić information content (AvgIpc) is 2.89. The van der Waals surface area contributed by atoms with Crippen LogP contribution in [0.1, 0.15) is 59.3 Å². The summed E-state index contributed by atoms with van der Waals surface area (Å²) >= 11 is 0.814. The molecule has 0 rings (SSSR count). The number of aliphatic hydroxyl groups is 1. The minimum absolute atomic E-state index is 0.0966. The number of esters is 1. The molecule has 0 unspecified atom stereocenters. The van der Waals surface area contributed by atoms with Crippen molar-refractivity contribution in [3.8, 4) is 0 Å². The predicted octanol–water partition coefficient (Wildman–Crippen LogP) is -1.68. The van der Waals surface area contributed by atoms with Crippen LogP contribution in [0.15, 0.2) is 0 Å². The summed E-state index contributed by atoms with van der Waals surface area (Å²) in [7, 11) is 0. The zero-order valence-corrected chi connectivity index (χ0v) is 24.6. The van der Waals surface area contributed by atoms with E-state index in [0.717, 1.165) is 18.7 Å². The summed E-state index contributed by atoms with van der Waals surface area (Å²) in [6.45, 7) is 3.76. The molecule has 0 saturated carbocycles. The van der Waals surface area contributed by atoms with Gasteiger partial charge in [-0.25, -0.2) is 4.79 Å². The molecule has 0 bridgehead atoms. The molecule has 238 valence electrons. The third-order valence-electron chi connectivity index (χ3n) is 5.64. The van der Waals surface area contributed by atoms with Crippen molar-refractivity contribution in [1.82, 2.24) is 16.0 Å². The lowest BCUT2D eigenvalue weighted by Gasteiger charge is -2.29. The molecule has 16 nitrogen and oxygen atoms in total. The molecule has 42 heavy (non-hydrogen) atoms. The summed E-state index contributed by atoms with van der Waals surface area (Å²) in [6, 6.07) is -2.44. The van der Waals surface area contributed by atoms with E-state index in [4.69, 9.17) is 20.7 Å². The molecule has 3 atom stereocenters. The average molecular weight is 621 g/mol. The van der Waals surface area contributed by atoms with Crippen molar-refractivity contribution in [3.63, 3.8) is 0 Å². The van der Waals surface area contributed by atoms with Crippen molar-refractivity contribution in [2.45, 2.75) is 77.5 Å². The number of hydrogen-bond acceptors (Lipinski definition) is 12. The Kier molecular flexibility index (Phi) is 17.9. The van der Waals surface area contributed by atoms with Gasteiger partial charge in [-0.3, -0.25) is 33.6 Å². The fourth-order valence-corrected chi connectivity index (χ4v) is 3.81. The number of carbonyl (C=O) groups is 8. The van der Waals surface area contributed by atoms with Gasteiger partial charge < -0.3 is 41.7 Å². The van der Waals surface area contributed by atoms with Crippen molar-refractivity contribution >= 4 is 58.3 Å². The fourth-order valence-electron chi connectivity index (χ4n) is 3.12. The maximum absolute atomic E-state index is 12.3. The van der Waals surface area contributed by atoms with Crippen LogP contribution >= 0.6 is 11.8 Å². The Hall–Kier alpha value is -3.57. The first kappa shape index (κ1) is 38.4. The summed E-state index contributed by atoms with van der Waals surface area (Å²) in [4.78, 5) is 92.6. The van der Waals surface area contributed by atoms with E-state index < -0.39 is 76.6 Å². The predicted molar refractivity (Wildman–Crippen MR) is 148 cm³/mol. The topological polar surface area (TPSA) is 269 Å². The van der Waals surface area contributed by atoms with Crippen LogP contribution < -0.4 is 21.7 Å². The summed E-state index contributed by atoms with van der Waals surface area (Å²) in [5.74, 6) is -5.38. The number of hydrogen-bond donors (Lipinski definition) is 7. The molecule has 0 aromatic heterocycles. The fraction of sp³-hybridized carbons (Fsp3) is 0.680. The van der Waals surface area contributed by atoms with E-state index >= 15 is 0 Å². The Morgan fingerprint density at radius 3 is 2.12 bits per heavy atom. The van der Waals surface area contributed by atoms with E-state index in [9.17, 15) is 43.5 Å². The Morgan fingerprint density at radius 1 is 0.905 bits per heavy atom. The van der Waals surface area contributed by atoms with Crippen molar-refractivity contribution < 1.29 is 58.4 Å². The standard InChI is InChI=1S/C25H40N4O12S/c1-14(30)29-17(24(39)40)6-4-15(31)12-20(34)42-11-10-27-18(32)8-9-28-22(36)21(35)25(2,3)13-41-19(33)7-5-16(26)23(37)38/h16-17,21,35H,4-13,26H2,1-3H3,(H,27,32)(H,28,36)(H,29,30)(H,37,38)(H,39,40)/t16-,17-,21-/m0/s1. The molecule has 0 radical (unpaired) electrons. The number of carbonyl (C=O) groups excluding carboxylic acids is 6. The van der Waals surface area contributed by atoms with Crippen LogP contribution in [0.5, 0.6) is 0 Å². The van der Waals surface area contributed by atoms with Crippen LogP contribution in [-0.4, -0.2) is 105 Å². The Labute approximate surface area is 246 Å². The lowest BCUT2D eigenvalue weighted by atomic mass is 9.87. The van der Waals surface area contributed by atoms with Crippen molar-refractivity contribution in [2.24, 2.45) is 11.1 Å². The van der Waals surface area contributed by atoms with E-state index in [-0.39, 0.29) is 57.6 Å². The number of thioether (sulfide) groups is 1. The Balaban J connectivity index is 4.22. The molecular weight excluding hydrogens is 580 g/mol. The highest BCUT2D eigenvalue weighted by molar-refractivity contribution is 8.13. The number of nitrogens with one attached hydrogen (secondary N) is 3. The Morgan fingerprint density at radius 2 is 1.55 bits per heavy atom. The Bertz CT molecular complexity index is 1000. The van der Waals surface area contributed by atoms with Crippen molar-refractivity contribution in [2.75, 3.05) is 25.4 Å². The normalized spacial score (nSPS) is 13.2. The van der Waals surface area contributed by atoms with Gasteiger partial charge in [0.25, 0.3) is 0 Å². The van der Waals surface area contributed by atoms with Gasteiger partial charge in [0.05, 0.1) is 13.0 Å². The second kappa shape index (κ2) is 19.5. The second-order valence-electron chi connectivity index (χ2n) is 9.99. The molecule has 8 N–H and O–H groups in total. The monoisotopic (exact) mass is 620 g/mol. The van der Waals surface area contributed by atoms with Gasteiger partial charge in [0.2, 0.25) is 17.7 Å².